The lowest BCUT2D eigenvalue weighted by atomic mass is 9.85. The largest absolute Gasteiger partial charge is 0.416 e. The molecular formula is C22H26F4N4O4. The molecule has 0 radical (unpaired) electrons. The highest BCUT2D eigenvalue weighted by Gasteiger charge is 2.55. The standard InChI is InChI=1S/C22H26F4N4O4/c1-12(2)16(27-17(31)14-11-13(22(24,25)26)5-6-15(14)23)18(32)30-9-7-21(8-10-30)19(33)28(3)20(34)29(21)4/h5-6,11-12,16H,7-10H2,1-4H3,(H,27,31)/t16-/m1/s1. The van der Waals surface area contributed by atoms with Crippen LogP contribution in [0.1, 0.15) is 42.6 Å². The van der Waals surface area contributed by atoms with Crippen LogP contribution in [0.2, 0.25) is 0 Å². The molecule has 8 nitrogen and oxygen atoms in total. The zero-order chi connectivity index (χ0) is 25.6. The number of amides is 5. The molecule has 5 amide bonds. The van der Waals surface area contributed by atoms with Gasteiger partial charge in [0, 0.05) is 27.2 Å². The molecule has 3 rings (SSSR count). The number of urea groups is 1. The number of rotatable bonds is 4. The number of carbonyl (C=O) groups excluding carboxylic acids is 4. The Balaban J connectivity index is 1.75. The van der Waals surface area contributed by atoms with E-state index in [1.54, 1.807) is 13.8 Å². The van der Waals surface area contributed by atoms with Gasteiger partial charge in [0.2, 0.25) is 5.91 Å². The first-order chi connectivity index (χ1) is 15.7. The number of nitrogens with zero attached hydrogens (tertiary/aromatic N) is 3. The van der Waals surface area contributed by atoms with E-state index in [2.05, 4.69) is 5.32 Å². The van der Waals surface area contributed by atoms with Crippen LogP contribution in [-0.4, -0.2) is 77.2 Å². The number of benzene rings is 1. The molecule has 2 saturated heterocycles. The van der Waals surface area contributed by atoms with Crippen molar-refractivity contribution in [3.63, 3.8) is 0 Å². The number of carbonyl (C=O) groups is 4. The van der Waals surface area contributed by atoms with Crippen LogP contribution >= 0.6 is 0 Å². The van der Waals surface area contributed by atoms with Crippen molar-refractivity contribution < 1.29 is 36.7 Å². The molecule has 0 aromatic heterocycles. The first kappa shape index (κ1) is 25.4. The van der Waals surface area contributed by atoms with Crippen LogP contribution in [0, 0.1) is 11.7 Å². The average molecular weight is 486 g/mol. The van der Waals surface area contributed by atoms with Crippen LogP contribution in [0.25, 0.3) is 0 Å². The average Bonchev–Trinajstić information content (AvgIpc) is 2.92. The summed E-state index contributed by atoms with van der Waals surface area (Å²) in [4.78, 5) is 54.5. The third-order valence-corrected chi connectivity index (χ3v) is 6.58. The molecule has 1 spiro atoms. The van der Waals surface area contributed by atoms with E-state index < -0.39 is 58.5 Å². The SMILES string of the molecule is CC(C)[C@@H](NC(=O)c1cc(C(F)(F)F)ccc1F)C(=O)N1CCC2(CC1)C(=O)N(C)C(=O)N2C. The smallest absolute Gasteiger partial charge is 0.341 e. The van der Waals surface area contributed by atoms with Gasteiger partial charge in [0.25, 0.3) is 11.8 Å². The molecule has 2 aliphatic heterocycles. The third-order valence-electron chi connectivity index (χ3n) is 6.58. The van der Waals surface area contributed by atoms with E-state index in [0.29, 0.717) is 18.2 Å². The van der Waals surface area contributed by atoms with E-state index in [1.165, 1.54) is 23.9 Å². The van der Waals surface area contributed by atoms with Crippen molar-refractivity contribution in [1.82, 2.24) is 20.0 Å². The van der Waals surface area contributed by atoms with Crippen molar-refractivity contribution in [1.29, 1.82) is 0 Å². The summed E-state index contributed by atoms with van der Waals surface area (Å²) < 4.78 is 53.1. The van der Waals surface area contributed by atoms with Crippen molar-refractivity contribution in [3.05, 3.63) is 35.1 Å². The highest BCUT2D eigenvalue weighted by Crippen LogP contribution is 2.36. The second-order valence-electron chi connectivity index (χ2n) is 8.95. The molecule has 2 fully saturated rings. The fraction of sp³-hybridized carbons (Fsp3) is 0.545. The lowest BCUT2D eigenvalue weighted by molar-refractivity contribution is -0.141. The Kier molecular flexibility index (Phi) is 6.64. The number of nitrogens with one attached hydrogen (secondary N) is 1. The minimum atomic E-state index is -4.76. The summed E-state index contributed by atoms with van der Waals surface area (Å²) in [5.74, 6) is -3.58. The number of alkyl halides is 3. The van der Waals surface area contributed by atoms with Crippen LogP contribution in [-0.2, 0) is 15.8 Å². The highest BCUT2D eigenvalue weighted by atomic mass is 19.4. The van der Waals surface area contributed by atoms with Crippen molar-refractivity contribution in [2.24, 2.45) is 5.92 Å². The summed E-state index contributed by atoms with van der Waals surface area (Å²) in [6.07, 6.45) is -4.36. The maximum absolute atomic E-state index is 14.1. The fourth-order valence-corrected chi connectivity index (χ4v) is 4.40. The summed E-state index contributed by atoms with van der Waals surface area (Å²) in [5, 5.41) is 2.36. The zero-order valence-corrected chi connectivity index (χ0v) is 19.2. The van der Waals surface area contributed by atoms with E-state index in [0.717, 1.165) is 4.90 Å². The molecule has 0 unspecified atom stereocenters. The van der Waals surface area contributed by atoms with E-state index >= 15 is 0 Å². The van der Waals surface area contributed by atoms with Crippen LogP contribution in [0.4, 0.5) is 22.4 Å². The summed E-state index contributed by atoms with van der Waals surface area (Å²) >= 11 is 0. The quantitative estimate of drug-likeness (QED) is 0.523. The summed E-state index contributed by atoms with van der Waals surface area (Å²) in [7, 11) is 2.92. The first-order valence-corrected chi connectivity index (χ1v) is 10.7. The number of likely N-dealkylation sites (tertiary alicyclic amines) is 1. The molecule has 0 aliphatic carbocycles. The summed E-state index contributed by atoms with van der Waals surface area (Å²) in [5.41, 5.74) is -3.04. The Bertz CT molecular complexity index is 1020. The fourth-order valence-electron chi connectivity index (χ4n) is 4.40. The topological polar surface area (TPSA) is 90.0 Å². The molecule has 1 N–H and O–H groups in total. The predicted octanol–water partition coefficient (Wildman–Crippen LogP) is 2.48. The number of likely N-dealkylation sites (N-methyl/N-ethyl adjacent to an activating group) is 2. The second kappa shape index (κ2) is 8.88. The van der Waals surface area contributed by atoms with Crippen molar-refractivity contribution in [2.45, 2.75) is 44.4 Å². The molecule has 12 heteroatoms. The van der Waals surface area contributed by atoms with E-state index in [-0.39, 0.29) is 31.8 Å². The molecule has 0 bridgehead atoms. The maximum Gasteiger partial charge on any atom is 0.416 e. The van der Waals surface area contributed by atoms with Gasteiger partial charge in [-0.2, -0.15) is 13.2 Å². The lowest BCUT2D eigenvalue weighted by Crippen LogP contribution is -2.59. The van der Waals surface area contributed by atoms with Gasteiger partial charge in [0.05, 0.1) is 11.1 Å². The second-order valence-corrected chi connectivity index (χ2v) is 8.95. The van der Waals surface area contributed by atoms with Gasteiger partial charge in [-0.25, -0.2) is 9.18 Å². The molecule has 1 aromatic rings. The summed E-state index contributed by atoms with van der Waals surface area (Å²) in [6.45, 7) is 3.54. The van der Waals surface area contributed by atoms with E-state index in [1.807, 2.05) is 0 Å². The number of hydrogen-bond acceptors (Lipinski definition) is 4. The minimum Gasteiger partial charge on any atom is -0.341 e. The van der Waals surface area contributed by atoms with Gasteiger partial charge in [-0.05, 0) is 37.0 Å². The molecule has 2 heterocycles. The number of hydrogen-bond donors (Lipinski definition) is 1. The van der Waals surface area contributed by atoms with Crippen LogP contribution in [0.3, 0.4) is 0 Å². The normalized spacial score (nSPS) is 19.3. The van der Waals surface area contributed by atoms with E-state index in [9.17, 15) is 36.7 Å². The third kappa shape index (κ3) is 4.32. The Morgan fingerprint density at radius 2 is 1.68 bits per heavy atom. The van der Waals surface area contributed by atoms with Crippen LogP contribution in [0.5, 0.6) is 0 Å². The van der Waals surface area contributed by atoms with Gasteiger partial charge in [-0.1, -0.05) is 13.8 Å². The Morgan fingerprint density at radius 3 is 2.15 bits per heavy atom. The molecule has 34 heavy (non-hydrogen) atoms. The first-order valence-electron chi connectivity index (χ1n) is 10.7. The van der Waals surface area contributed by atoms with Gasteiger partial charge < -0.3 is 15.1 Å². The minimum absolute atomic E-state index is 0.132. The Hall–Kier alpha value is -3.18. The predicted molar refractivity (Wildman–Crippen MR) is 112 cm³/mol. The lowest BCUT2D eigenvalue weighted by Gasteiger charge is -2.42. The molecule has 2 aliphatic rings. The van der Waals surface area contributed by atoms with Gasteiger partial charge in [-0.15, -0.1) is 0 Å². The van der Waals surface area contributed by atoms with E-state index in [4.69, 9.17) is 0 Å². The van der Waals surface area contributed by atoms with Gasteiger partial charge >= 0.3 is 12.2 Å². The van der Waals surface area contributed by atoms with Gasteiger partial charge in [0.15, 0.2) is 0 Å². The monoisotopic (exact) mass is 486 g/mol. The van der Waals surface area contributed by atoms with Crippen LogP contribution in [0.15, 0.2) is 18.2 Å². The molecular weight excluding hydrogens is 460 g/mol. The molecule has 186 valence electrons. The van der Waals surface area contributed by atoms with Crippen LogP contribution < -0.4 is 5.32 Å². The van der Waals surface area contributed by atoms with Crippen molar-refractivity contribution in [2.75, 3.05) is 27.2 Å². The Morgan fingerprint density at radius 1 is 1.09 bits per heavy atom. The zero-order valence-electron chi connectivity index (χ0n) is 19.2. The molecule has 0 saturated carbocycles. The van der Waals surface area contributed by atoms with Gasteiger partial charge in [-0.3, -0.25) is 19.3 Å². The van der Waals surface area contributed by atoms with Gasteiger partial charge in [0.1, 0.15) is 17.4 Å². The highest BCUT2D eigenvalue weighted by molar-refractivity contribution is 6.06. The Labute approximate surface area is 193 Å². The van der Waals surface area contributed by atoms with Crippen molar-refractivity contribution in [3.8, 4) is 0 Å². The number of piperidine rings is 1. The maximum atomic E-state index is 14.1. The molecule has 1 aromatic carbocycles. The number of halogens is 4. The number of imide groups is 1. The summed E-state index contributed by atoms with van der Waals surface area (Å²) in [6, 6.07) is -0.0604. The van der Waals surface area contributed by atoms with Crippen molar-refractivity contribution >= 4 is 23.8 Å². The molecule has 1 atom stereocenters.